The van der Waals surface area contributed by atoms with Crippen LogP contribution in [0.4, 0.5) is 0 Å². The van der Waals surface area contributed by atoms with Crippen LogP contribution in [-0.4, -0.2) is 0 Å². The second-order valence-corrected chi connectivity index (χ2v) is 5.37. The third-order valence-electron chi connectivity index (χ3n) is 3.26. The Balaban J connectivity index is 3.01. The Bertz CT molecular complexity index is 321. The minimum Gasteiger partial charge on any atom is -0.0654 e. The zero-order chi connectivity index (χ0) is 12.1. The van der Waals surface area contributed by atoms with E-state index in [0.717, 1.165) is 0 Å². The van der Waals surface area contributed by atoms with Crippen molar-refractivity contribution in [2.75, 3.05) is 0 Å². The van der Waals surface area contributed by atoms with E-state index >= 15 is 0 Å². The number of rotatable bonds is 5. The van der Waals surface area contributed by atoms with Crippen molar-refractivity contribution in [2.45, 2.75) is 65.7 Å². The SMILES string of the molecule is CCCCc1cc(C(C)C)ccc1C(C)C. The molecule has 0 fully saturated rings. The normalized spacial score (nSPS) is 11.4. The molecule has 0 spiro atoms. The molecule has 16 heavy (non-hydrogen) atoms. The number of hydrogen-bond donors (Lipinski definition) is 0. The van der Waals surface area contributed by atoms with E-state index in [1.165, 1.54) is 30.4 Å². The monoisotopic (exact) mass is 218 g/mol. The molecule has 0 bridgehead atoms. The second kappa shape index (κ2) is 6.08. The molecule has 0 aromatic heterocycles. The molecule has 1 aromatic carbocycles. The van der Waals surface area contributed by atoms with Gasteiger partial charge in [0, 0.05) is 0 Å². The van der Waals surface area contributed by atoms with Gasteiger partial charge in [0.05, 0.1) is 0 Å². The fourth-order valence-electron chi connectivity index (χ4n) is 2.13. The molecule has 0 nitrogen and oxygen atoms in total. The molecule has 0 atom stereocenters. The lowest BCUT2D eigenvalue weighted by Gasteiger charge is -2.16. The van der Waals surface area contributed by atoms with E-state index in [-0.39, 0.29) is 0 Å². The fourth-order valence-corrected chi connectivity index (χ4v) is 2.13. The van der Waals surface area contributed by atoms with Gasteiger partial charge in [0.1, 0.15) is 0 Å². The molecule has 0 saturated carbocycles. The van der Waals surface area contributed by atoms with Crippen LogP contribution in [-0.2, 0) is 6.42 Å². The van der Waals surface area contributed by atoms with Crippen molar-refractivity contribution in [2.24, 2.45) is 0 Å². The summed E-state index contributed by atoms with van der Waals surface area (Å²) < 4.78 is 0. The average molecular weight is 218 g/mol. The molecule has 1 aromatic rings. The van der Waals surface area contributed by atoms with Crippen molar-refractivity contribution in [3.05, 3.63) is 34.9 Å². The van der Waals surface area contributed by atoms with Gasteiger partial charge in [0.25, 0.3) is 0 Å². The minimum atomic E-state index is 0.640. The van der Waals surface area contributed by atoms with Gasteiger partial charge < -0.3 is 0 Å². The van der Waals surface area contributed by atoms with Crippen molar-refractivity contribution in [3.63, 3.8) is 0 Å². The van der Waals surface area contributed by atoms with Crippen LogP contribution in [0.15, 0.2) is 18.2 Å². The molecule has 0 amide bonds. The van der Waals surface area contributed by atoms with Crippen LogP contribution in [0.2, 0.25) is 0 Å². The van der Waals surface area contributed by atoms with Crippen LogP contribution in [0.5, 0.6) is 0 Å². The van der Waals surface area contributed by atoms with E-state index in [2.05, 4.69) is 52.8 Å². The van der Waals surface area contributed by atoms with Gasteiger partial charge in [0.15, 0.2) is 0 Å². The number of benzene rings is 1. The molecule has 0 saturated heterocycles. The zero-order valence-corrected chi connectivity index (χ0v) is 11.5. The average Bonchev–Trinajstić information content (AvgIpc) is 2.25. The van der Waals surface area contributed by atoms with E-state index in [1.54, 1.807) is 5.56 Å². The predicted molar refractivity (Wildman–Crippen MR) is 73.2 cm³/mol. The third kappa shape index (κ3) is 3.37. The maximum atomic E-state index is 2.43. The molecule has 0 aliphatic rings. The molecule has 0 unspecified atom stereocenters. The summed E-state index contributed by atoms with van der Waals surface area (Å²) in [6.45, 7) is 11.4. The first-order valence-electron chi connectivity index (χ1n) is 6.69. The lowest BCUT2D eigenvalue weighted by molar-refractivity contribution is 0.761. The number of unbranched alkanes of at least 4 members (excludes halogenated alkanes) is 1. The van der Waals surface area contributed by atoms with Crippen molar-refractivity contribution in [1.29, 1.82) is 0 Å². The lowest BCUT2D eigenvalue weighted by atomic mass is 9.90. The van der Waals surface area contributed by atoms with Gasteiger partial charge in [0.2, 0.25) is 0 Å². The quantitative estimate of drug-likeness (QED) is 0.631. The van der Waals surface area contributed by atoms with E-state index in [1.807, 2.05) is 0 Å². The Morgan fingerprint density at radius 1 is 1.00 bits per heavy atom. The first-order chi connectivity index (χ1) is 7.56. The lowest BCUT2D eigenvalue weighted by Crippen LogP contribution is -1.99. The molecule has 90 valence electrons. The van der Waals surface area contributed by atoms with Gasteiger partial charge in [-0.2, -0.15) is 0 Å². The molecular formula is C16H26. The highest BCUT2D eigenvalue weighted by Gasteiger charge is 2.08. The van der Waals surface area contributed by atoms with Gasteiger partial charge in [-0.15, -0.1) is 0 Å². The van der Waals surface area contributed by atoms with Crippen molar-refractivity contribution >= 4 is 0 Å². The molecular weight excluding hydrogens is 192 g/mol. The number of aryl methyl sites for hydroxylation is 1. The van der Waals surface area contributed by atoms with Crippen LogP contribution in [0.25, 0.3) is 0 Å². The smallest absolute Gasteiger partial charge is 0.0216 e. The van der Waals surface area contributed by atoms with Gasteiger partial charge in [-0.1, -0.05) is 59.2 Å². The summed E-state index contributed by atoms with van der Waals surface area (Å²) >= 11 is 0. The van der Waals surface area contributed by atoms with Gasteiger partial charge >= 0.3 is 0 Å². The first kappa shape index (κ1) is 13.3. The molecule has 0 radical (unpaired) electrons. The minimum absolute atomic E-state index is 0.640. The summed E-state index contributed by atoms with van der Waals surface area (Å²) in [5.74, 6) is 1.29. The topological polar surface area (TPSA) is 0 Å². The largest absolute Gasteiger partial charge is 0.0654 e. The summed E-state index contributed by atoms with van der Waals surface area (Å²) in [5.41, 5.74) is 4.59. The van der Waals surface area contributed by atoms with Crippen molar-refractivity contribution in [1.82, 2.24) is 0 Å². The summed E-state index contributed by atoms with van der Waals surface area (Å²) in [5, 5.41) is 0. The molecule has 0 heteroatoms. The molecule has 0 heterocycles. The number of hydrogen-bond acceptors (Lipinski definition) is 0. The highest BCUT2D eigenvalue weighted by atomic mass is 14.1. The van der Waals surface area contributed by atoms with Crippen LogP contribution >= 0.6 is 0 Å². The Morgan fingerprint density at radius 2 is 1.69 bits per heavy atom. The summed E-state index contributed by atoms with van der Waals surface area (Å²) in [4.78, 5) is 0. The second-order valence-electron chi connectivity index (χ2n) is 5.37. The van der Waals surface area contributed by atoms with Crippen LogP contribution in [0.3, 0.4) is 0 Å². The molecule has 0 aliphatic carbocycles. The van der Waals surface area contributed by atoms with Gasteiger partial charge in [-0.05, 0) is 41.4 Å². The van der Waals surface area contributed by atoms with E-state index in [0.29, 0.717) is 11.8 Å². The van der Waals surface area contributed by atoms with Crippen LogP contribution in [0, 0.1) is 0 Å². The first-order valence-corrected chi connectivity index (χ1v) is 6.69. The summed E-state index contributed by atoms with van der Waals surface area (Å²) in [6.07, 6.45) is 3.83. The summed E-state index contributed by atoms with van der Waals surface area (Å²) in [6, 6.07) is 7.07. The Hall–Kier alpha value is -0.780. The van der Waals surface area contributed by atoms with E-state index in [9.17, 15) is 0 Å². The van der Waals surface area contributed by atoms with E-state index < -0.39 is 0 Å². The Labute approximate surface area is 101 Å². The van der Waals surface area contributed by atoms with Crippen molar-refractivity contribution in [3.8, 4) is 0 Å². The van der Waals surface area contributed by atoms with E-state index in [4.69, 9.17) is 0 Å². The standard InChI is InChI=1S/C16H26/c1-6-7-8-15-11-14(12(2)3)9-10-16(15)13(4)5/h9-13H,6-8H2,1-5H3. The molecule has 0 N–H and O–H groups in total. The Kier molecular flexibility index (Phi) is 5.05. The predicted octanol–water partition coefficient (Wildman–Crippen LogP) is 5.28. The van der Waals surface area contributed by atoms with Gasteiger partial charge in [-0.25, -0.2) is 0 Å². The van der Waals surface area contributed by atoms with Crippen LogP contribution in [0.1, 0.15) is 76.0 Å². The Morgan fingerprint density at radius 3 is 2.19 bits per heavy atom. The summed E-state index contributed by atoms with van der Waals surface area (Å²) in [7, 11) is 0. The maximum Gasteiger partial charge on any atom is -0.0216 e. The highest BCUT2D eigenvalue weighted by molar-refractivity contribution is 5.35. The van der Waals surface area contributed by atoms with Crippen molar-refractivity contribution < 1.29 is 0 Å². The fraction of sp³-hybridized carbons (Fsp3) is 0.625. The van der Waals surface area contributed by atoms with Gasteiger partial charge in [-0.3, -0.25) is 0 Å². The molecule has 0 aliphatic heterocycles. The van der Waals surface area contributed by atoms with Crippen LogP contribution < -0.4 is 0 Å². The zero-order valence-electron chi connectivity index (χ0n) is 11.5. The maximum absolute atomic E-state index is 2.43. The molecule has 1 rings (SSSR count). The highest BCUT2D eigenvalue weighted by Crippen LogP contribution is 2.25. The third-order valence-corrected chi connectivity index (χ3v) is 3.26.